The van der Waals surface area contributed by atoms with Crippen LogP contribution in [0.3, 0.4) is 0 Å². The van der Waals surface area contributed by atoms with Crippen LogP contribution in [0.25, 0.3) is 0 Å². The van der Waals surface area contributed by atoms with Crippen LogP contribution in [0.5, 0.6) is 0 Å². The number of para-hydroxylation sites is 1. The number of rotatable bonds is 6. The smallest absolute Gasteiger partial charge is 0.313 e. The van der Waals surface area contributed by atoms with E-state index in [1.165, 1.54) is 13.0 Å². The van der Waals surface area contributed by atoms with Gasteiger partial charge in [-0.1, -0.05) is 18.2 Å². The second-order valence-electron chi connectivity index (χ2n) is 5.60. The third-order valence-electron chi connectivity index (χ3n) is 3.36. The van der Waals surface area contributed by atoms with Gasteiger partial charge >= 0.3 is 11.8 Å². The van der Waals surface area contributed by atoms with E-state index >= 15 is 0 Å². The first kappa shape index (κ1) is 19.1. The van der Waals surface area contributed by atoms with Crippen molar-refractivity contribution in [2.45, 2.75) is 19.6 Å². The van der Waals surface area contributed by atoms with Gasteiger partial charge in [-0.15, -0.1) is 0 Å². The van der Waals surface area contributed by atoms with E-state index in [0.29, 0.717) is 0 Å². The molecular weight excluding hydrogens is 336 g/mol. The normalized spacial score (nSPS) is 11.3. The summed E-state index contributed by atoms with van der Waals surface area (Å²) in [5, 5.41) is 16.6. The molecule has 1 aromatic heterocycles. The van der Waals surface area contributed by atoms with Crippen molar-refractivity contribution < 1.29 is 19.5 Å². The second kappa shape index (κ2) is 9.28. The summed E-state index contributed by atoms with van der Waals surface area (Å²) in [6, 6.07) is 9.96. The van der Waals surface area contributed by atoms with Crippen molar-refractivity contribution in [2.75, 3.05) is 11.9 Å². The van der Waals surface area contributed by atoms with Crippen molar-refractivity contribution in [3.63, 3.8) is 0 Å². The number of aliphatic hydroxyl groups is 1. The maximum atomic E-state index is 12.4. The van der Waals surface area contributed by atoms with Gasteiger partial charge in [-0.05, 0) is 30.7 Å². The number of anilines is 1. The lowest BCUT2D eigenvalue weighted by Crippen LogP contribution is -2.39. The summed E-state index contributed by atoms with van der Waals surface area (Å²) in [5.41, 5.74) is 1.28. The zero-order valence-electron chi connectivity index (χ0n) is 14.2. The fourth-order valence-electron chi connectivity index (χ4n) is 2.07. The van der Waals surface area contributed by atoms with Crippen molar-refractivity contribution in [2.24, 2.45) is 0 Å². The molecule has 0 bridgehead atoms. The number of benzene rings is 1. The molecule has 0 saturated carbocycles. The SMILES string of the molecule is CC(O)CNC(=O)C(=O)Nc1ccccc1C(=O)NCc1cccnc1. The van der Waals surface area contributed by atoms with Gasteiger partial charge in [0.2, 0.25) is 0 Å². The Morgan fingerprint density at radius 1 is 1.08 bits per heavy atom. The van der Waals surface area contributed by atoms with E-state index in [2.05, 4.69) is 20.9 Å². The van der Waals surface area contributed by atoms with Crippen LogP contribution in [0.4, 0.5) is 5.69 Å². The van der Waals surface area contributed by atoms with Gasteiger partial charge in [0.05, 0.1) is 17.4 Å². The molecule has 8 heteroatoms. The quantitative estimate of drug-likeness (QED) is 0.560. The lowest BCUT2D eigenvalue weighted by atomic mass is 10.1. The van der Waals surface area contributed by atoms with Gasteiger partial charge in [0.15, 0.2) is 0 Å². The van der Waals surface area contributed by atoms with E-state index < -0.39 is 23.8 Å². The number of aliphatic hydroxyl groups excluding tert-OH is 1. The average Bonchev–Trinajstić information content (AvgIpc) is 2.65. The van der Waals surface area contributed by atoms with Crippen LogP contribution in [0.1, 0.15) is 22.8 Å². The molecule has 26 heavy (non-hydrogen) atoms. The Balaban J connectivity index is 2.01. The van der Waals surface area contributed by atoms with Gasteiger partial charge in [0, 0.05) is 25.5 Å². The summed E-state index contributed by atoms with van der Waals surface area (Å²) in [5.74, 6) is -2.20. The molecular formula is C18H20N4O4. The number of amides is 3. The lowest BCUT2D eigenvalue weighted by molar-refractivity contribution is -0.136. The molecule has 1 atom stereocenters. The van der Waals surface area contributed by atoms with E-state index in [-0.39, 0.29) is 24.3 Å². The van der Waals surface area contributed by atoms with Gasteiger partial charge in [0.25, 0.3) is 5.91 Å². The summed E-state index contributed by atoms with van der Waals surface area (Å²) in [6.07, 6.45) is 2.51. The molecule has 4 N–H and O–H groups in total. The minimum absolute atomic E-state index is 0.0422. The standard InChI is InChI=1S/C18H20N4O4/c1-12(23)9-20-17(25)18(26)22-15-7-3-2-6-14(15)16(24)21-11-13-5-4-8-19-10-13/h2-8,10,12,23H,9,11H2,1H3,(H,20,25)(H,21,24)(H,22,26). The Morgan fingerprint density at radius 3 is 2.54 bits per heavy atom. The number of aromatic nitrogens is 1. The van der Waals surface area contributed by atoms with Crippen molar-refractivity contribution in [1.29, 1.82) is 0 Å². The van der Waals surface area contributed by atoms with Gasteiger partial charge in [-0.3, -0.25) is 19.4 Å². The minimum Gasteiger partial charge on any atom is -0.392 e. The van der Waals surface area contributed by atoms with Crippen molar-refractivity contribution >= 4 is 23.4 Å². The molecule has 1 heterocycles. The number of carbonyl (C=O) groups is 3. The highest BCUT2D eigenvalue weighted by Gasteiger charge is 2.18. The second-order valence-corrected chi connectivity index (χ2v) is 5.60. The molecule has 1 unspecified atom stereocenters. The fourth-order valence-corrected chi connectivity index (χ4v) is 2.07. The van der Waals surface area contributed by atoms with E-state index in [1.54, 1.807) is 36.7 Å². The van der Waals surface area contributed by atoms with Gasteiger partial charge in [-0.25, -0.2) is 0 Å². The zero-order valence-corrected chi connectivity index (χ0v) is 14.2. The summed E-state index contributed by atoms with van der Waals surface area (Å²) in [6.45, 7) is 1.73. The van der Waals surface area contributed by atoms with E-state index in [0.717, 1.165) is 5.56 Å². The van der Waals surface area contributed by atoms with Crippen LogP contribution < -0.4 is 16.0 Å². The lowest BCUT2D eigenvalue weighted by Gasteiger charge is -2.12. The topological polar surface area (TPSA) is 120 Å². The average molecular weight is 356 g/mol. The fraction of sp³-hybridized carbons (Fsp3) is 0.222. The molecule has 8 nitrogen and oxygen atoms in total. The van der Waals surface area contributed by atoms with Crippen LogP contribution in [0, 0.1) is 0 Å². The molecule has 0 radical (unpaired) electrons. The third-order valence-corrected chi connectivity index (χ3v) is 3.36. The first-order chi connectivity index (χ1) is 12.5. The van der Waals surface area contributed by atoms with Crippen LogP contribution >= 0.6 is 0 Å². The van der Waals surface area contributed by atoms with E-state index in [1.807, 2.05) is 6.07 Å². The van der Waals surface area contributed by atoms with E-state index in [9.17, 15) is 14.4 Å². The maximum absolute atomic E-state index is 12.4. The van der Waals surface area contributed by atoms with Crippen molar-refractivity contribution in [3.05, 3.63) is 59.9 Å². The molecule has 0 aliphatic carbocycles. The molecule has 3 amide bonds. The monoisotopic (exact) mass is 356 g/mol. The number of nitrogens with one attached hydrogen (secondary N) is 3. The zero-order chi connectivity index (χ0) is 18.9. The predicted molar refractivity (Wildman–Crippen MR) is 95.2 cm³/mol. The summed E-state index contributed by atoms with van der Waals surface area (Å²) in [7, 11) is 0. The molecule has 0 aliphatic rings. The molecule has 0 aliphatic heterocycles. The number of hydrogen-bond acceptors (Lipinski definition) is 5. The number of carbonyl (C=O) groups excluding carboxylic acids is 3. The maximum Gasteiger partial charge on any atom is 0.313 e. The first-order valence-electron chi connectivity index (χ1n) is 8.00. The van der Waals surface area contributed by atoms with Crippen LogP contribution in [0.15, 0.2) is 48.8 Å². The summed E-state index contributed by atoms with van der Waals surface area (Å²) in [4.78, 5) is 40.0. The summed E-state index contributed by atoms with van der Waals surface area (Å²) >= 11 is 0. The van der Waals surface area contributed by atoms with Crippen LogP contribution in [-0.4, -0.2) is 40.5 Å². The Kier molecular flexibility index (Phi) is 6.81. The molecule has 1 aromatic carbocycles. The highest BCUT2D eigenvalue weighted by Crippen LogP contribution is 2.15. The minimum atomic E-state index is -0.918. The van der Waals surface area contributed by atoms with Gasteiger partial charge < -0.3 is 21.1 Å². The highest BCUT2D eigenvalue weighted by molar-refractivity contribution is 6.40. The Hall–Kier alpha value is -3.26. The number of hydrogen-bond donors (Lipinski definition) is 4. The van der Waals surface area contributed by atoms with Crippen LogP contribution in [-0.2, 0) is 16.1 Å². The van der Waals surface area contributed by atoms with Gasteiger partial charge in [0.1, 0.15) is 0 Å². The third kappa shape index (κ3) is 5.67. The molecule has 2 aromatic rings. The Morgan fingerprint density at radius 2 is 1.85 bits per heavy atom. The number of nitrogens with zero attached hydrogens (tertiary/aromatic N) is 1. The Labute approximate surface area is 150 Å². The largest absolute Gasteiger partial charge is 0.392 e. The number of pyridine rings is 1. The molecule has 0 spiro atoms. The molecule has 0 fully saturated rings. The highest BCUT2D eigenvalue weighted by atomic mass is 16.3. The molecule has 136 valence electrons. The van der Waals surface area contributed by atoms with Crippen LogP contribution in [0.2, 0.25) is 0 Å². The molecule has 2 rings (SSSR count). The van der Waals surface area contributed by atoms with E-state index in [4.69, 9.17) is 5.11 Å². The molecule has 0 saturated heterocycles. The Bertz CT molecular complexity index is 778. The van der Waals surface area contributed by atoms with Crippen molar-refractivity contribution in [3.8, 4) is 0 Å². The summed E-state index contributed by atoms with van der Waals surface area (Å²) < 4.78 is 0. The first-order valence-corrected chi connectivity index (χ1v) is 8.00. The predicted octanol–water partition coefficient (Wildman–Crippen LogP) is 0.447. The van der Waals surface area contributed by atoms with Gasteiger partial charge in [-0.2, -0.15) is 0 Å². The van der Waals surface area contributed by atoms with Crippen molar-refractivity contribution in [1.82, 2.24) is 15.6 Å².